The zero-order valence-electron chi connectivity index (χ0n) is 18.6. The highest BCUT2D eigenvalue weighted by Gasteiger charge is 2.39. The van der Waals surface area contributed by atoms with E-state index in [1.54, 1.807) is 44.3 Å². The molecule has 2 aromatic rings. The summed E-state index contributed by atoms with van der Waals surface area (Å²) in [5.41, 5.74) is -0.477. The molecule has 1 aromatic carbocycles. The standard InChI is InChI=1S/C22H23F3N4O5/c1-21(2,3)34-20(31)27-10-5-4-6-15-12-14(9-11-26-15)17-8-7-16(29(32)33)13-18(17)28-19(30)22(23,24)25/h4,6-9,11-13H,5,10H2,1-3H3,(H,27,31)(H,28,30). The number of nitrogens with one attached hydrogen (secondary N) is 2. The zero-order chi connectivity index (χ0) is 25.5. The highest BCUT2D eigenvalue weighted by molar-refractivity contribution is 5.99. The summed E-state index contributed by atoms with van der Waals surface area (Å²) in [4.78, 5) is 37.4. The molecule has 2 N–H and O–H groups in total. The Morgan fingerprint density at radius 2 is 1.88 bits per heavy atom. The van der Waals surface area contributed by atoms with Crippen LogP contribution < -0.4 is 10.6 Å². The molecule has 0 atom stereocenters. The van der Waals surface area contributed by atoms with Gasteiger partial charge in [0.15, 0.2) is 0 Å². The Morgan fingerprint density at radius 3 is 2.50 bits per heavy atom. The number of amides is 2. The number of nitro groups is 1. The van der Waals surface area contributed by atoms with Crippen molar-refractivity contribution in [1.29, 1.82) is 0 Å². The molecule has 0 spiro atoms. The fourth-order valence-corrected chi connectivity index (χ4v) is 2.68. The van der Waals surface area contributed by atoms with Crippen LogP contribution in [0.15, 0.2) is 42.6 Å². The van der Waals surface area contributed by atoms with E-state index in [1.165, 1.54) is 18.3 Å². The Labute approximate surface area is 193 Å². The van der Waals surface area contributed by atoms with Crippen LogP contribution >= 0.6 is 0 Å². The largest absolute Gasteiger partial charge is 0.471 e. The van der Waals surface area contributed by atoms with E-state index in [-0.39, 0.29) is 11.3 Å². The maximum Gasteiger partial charge on any atom is 0.471 e. The van der Waals surface area contributed by atoms with Crippen LogP contribution in [0, 0.1) is 10.1 Å². The molecule has 0 saturated carbocycles. The number of non-ortho nitro benzene ring substituents is 1. The van der Waals surface area contributed by atoms with Crippen molar-refractivity contribution in [3.05, 3.63) is 58.4 Å². The van der Waals surface area contributed by atoms with Crippen LogP contribution in [-0.2, 0) is 9.53 Å². The van der Waals surface area contributed by atoms with E-state index in [1.807, 2.05) is 0 Å². The first-order valence-corrected chi connectivity index (χ1v) is 10.0. The minimum Gasteiger partial charge on any atom is -0.444 e. The van der Waals surface area contributed by atoms with Gasteiger partial charge in [0.05, 0.1) is 16.3 Å². The second kappa shape index (κ2) is 10.8. The Bertz CT molecular complexity index is 1090. The predicted octanol–water partition coefficient (Wildman–Crippen LogP) is 5.09. The van der Waals surface area contributed by atoms with E-state index < -0.39 is 34.4 Å². The van der Waals surface area contributed by atoms with Gasteiger partial charge >= 0.3 is 18.2 Å². The number of nitro benzene ring substituents is 1. The number of hydrogen-bond donors (Lipinski definition) is 2. The second-order valence-electron chi connectivity index (χ2n) is 8.03. The molecule has 0 unspecified atom stereocenters. The van der Waals surface area contributed by atoms with Gasteiger partial charge in [-0.15, -0.1) is 0 Å². The van der Waals surface area contributed by atoms with Gasteiger partial charge in [-0.2, -0.15) is 13.2 Å². The maximum atomic E-state index is 12.7. The molecule has 1 aromatic heterocycles. The van der Waals surface area contributed by atoms with Crippen LogP contribution in [0.1, 0.15) is 32.9 Å². The van der Waals surface area contributed by atoms with Crippen LogP contribution in [-0.4, -0.2) is 40.2 Å². The number of alkyl halides is 3. The summed E-state index contributed by atoms with van der Waals surface area (Å²) in [6, 6.07) is 6.26. The predicted molar refractivity (Wildman–Crippen MR) is 119 cm³/mol. The molecule has 1 heterocycles. The fraction of sp³-hybridized carbons (Fsp3) is 0.318. The smallest absolute Gasteiger partial charge is 0.444 e. The van der Waals surface area contributed by atoms with E-state index in [2.05, 4.69) is 10.3 Å². The summed E-state index contributed by atoms with van der Waals surface area (Å²) >= 11 is 0. The summed E-state index contributed by atoms with van der Waals surface area (Å²) in [5, 5.41) is 15.3. The minimum atomic E-state index is -5.17. The molecule has 2 rings (SSSR count). The molecular weight excluding hydrogens is 457 g/mol. The Hall–Kier alpha value is -3.96. The molecule has 9 nitrogen and oxygen atoms in total. The molecule has 0 aliphatic heterocycles. The van der Waals surface area contributed by atoms with Gasteiger partial charge in [-0.3, -0.25) is 19.9 Å². The van der Waals surface area contributed by atoms with Crippen molar-refractivity contribution >= 4 is 29.5 Å². The summed E-state index contributed by atoms with van der Waals surface area (Å²) in [6.45, 7) is 5.54. The van der Waals surface area contributed by atoms with E-state index in [4.69, 9.17) is 4.74 Å². The second-order valence-corrected chi connectivity index (χ2v) is 8.03. The van der Waals surface area contributed by atoms with Crippen molar-refractivity contribution in [1.82, 2.24) is 10.3 Å². The molecule has 0 aliphatic carbocycles. The first-order valence-electron chi connectivity index (χ1n) is 10.0. The van der Waals surface area contributed by atoms with E-state index in [0.717, 1.165) is 12.1 Å². The Balaban J connectivity index is 2.17. The number of alkyl carbamates (subject to hydrolysis) is 1. The maximum absolute atomic E-state index is 12.7. The lowest BCUT2D eigenvalue weighted by Gasteiger charge is -2.19. The minimum absolute atomic E-state index is 0.145. The molecule has 182 valence electrons. The molecule has 12 heteroatoms. The van der Waals surface area contributed by atoms with Crippen molar-refractivity contribution in [2.75, 3.05) is 11.9 Å². The van der Waals surface area contributed by atoms with E-state index in [0.29, 0.717) is 24.2 Å². The number of benzene rings is 1. The van der Waals surface area contributed by atoms with Crippen molar-refractivity contribution < 1.29 is 32.4 Å². The lowest BCUT2D eigenvalue weighted by atomic mass is 10.0. The third kappa shape index (κ3) is 8.19. The summed E-state index contributed by atoms with van der Waals surface area (Å²) < 4.78 is 43.3. The number of ether oxygens (including phenoxy) is 1. The average molecular weight is 480 g/mol. The van der Waals surface area contributed by atoms with Crippen LogP contribution in [0.25, 0.3) is 17.2 Å². The number of carbonyl (C=O) groups is 2. The first kappa shape index (κ1) is 26.3. The quantitative estimate of drug-likeness (QED) is 0.323. The van der Waals surface area contributed by atoms with E-state index >= 15 is 0 Å². The Morgan fingerprint density at radius 1 is 1.18 bits per heavy atom. The van der Waals surface area contributed by atoms with Crippen molar-refractivity contribution in [3.8, 4) is 11.1 Å². The number of pyridine rings is 1. The number of hydrogen-bond acceptors (Lipinski definition) is 6. The van der Waals surface area contributed by atoms with Gasteiger partial charge in [-0.05, 0) is 57.0 Å². The first-order chi connectivity index (χ1) is 15.8. The third-order valence-corrected chi connectivity index (χ3v) is 4.08. The van der Waals surface area contributed by atoms with Crippen molar-refractivity contribution in [3.63, 3.8) is 0 Å². The molecular formula is C22H23F3N4O5. The number of nitrogens with zero attached hydrogens (tertiary/aromatic N) is 2. The van der Waals surface area contributed by atoms with Gasteiger partial charge in [0.1, 0.15) is 5.60 Å². The molecule has 0 saturated heterocycles. The van der Waals surface area contributed by atoms with E-state index in [9.17, 15) is 32.9 Å². The van der Waals surface area contributed by atoms with Gasteiger partial charge in [-0.25, -0.2) is 4.79 Å². The van der Waals surface area contributed by atoms with Crippen LogP contribution in [0.2, 0.25) is 0 Å². The fourth-order valence-electron chi connectivity index (χ4n) is 2.68. The Kier molecular flexibility index (Phi) is 8.33. The molecule has 0 bridgehead atoms. The lowest BCUT2D eigenvalue weighted by molar-refractivity contribution is -0.384. The summed E-state index contributed by atoms with van der Waals surface area (Å²) in [7, 11) is 0. The number of halogens is 3. The summed E-state index contributed by atoms with van der Waals surface area (Å²) in [5.74, 6) is -2.25. The zero-order valence-corrected chi connectivity index (χ0v) is 18.6. The number of anilines is 1. The monoisotopic (exact) mass is 480 g/mol. The summed E-state index contributed by atoms with van der Waals surface area (Å²) in [6.07, 6.45) is -0.486. The van der Waals surface area contributed by atoms with Crippen LogP contribution in [0.3, 0.4) is 0 Å². The third-order valence-electron chi connectivity index (χ3n) is 4.08. The van der Waals surface area contributed by atoms with Gasteiger partial charge in [0.2, 0.25) is 0 Å². The molecule has 0 radical (unpaired) electrons. The van der Waals surface area contributed by atoms with Gasteiger partial charge in [-0.1, -0.05) is 6.08 Å². The highest BCUT2D eigenvalue weighted by atomic mass is 19.4. The molecule has 2 amide bonds. The topological polar surface area (TPSA) is 123 Å². The van der Waals surface area contributed by atoms with Gasteiger partial charge in [0.25, 0.3) is 5.69 Å². The van der Waals surface area contributed by atoms with Crippen LogP contribution in [0.5, 0.6) is 0 Å². The molecule has 34 heavy (non-hydrogen) atoms. The van der Waals surface area contributed by atoms with Gasteiger partial charge in [0, 0.05) is 30.4 Å². The average Bonchev–Trinajstić information content (AvgIpc) is 2.71. The number of aromatic nitrogens is 1. The van der Waals surface area contributed by atoms with Gasteiger partial charge < -0.3 is 15.4 Å². The number of carbonyl (C=O) groups excluding carboxylic acids is 2. The van der Waals surface area contributed by atoms with Crippen LogP contribution in [0.4, 0.5) is 29.3 Å². The van der Waals surface area contributed by atoms with Crippen molar-refractivity contribution in [2.24, 2.45) is 0 Å². The SMILES string of the molecule is CC(C)(C)OC(=O)NCCC=Cc1cc(-c2ccc([N+](=O)[O-])cc2NC(=O)C(F)(F)F)ccn1. The number of rotatable bonds is 7. The lowest BCUT2D eigenvalue weighted by Crippen LogP contribution is -2.32. The van der Waals surface area contributed by atoms with Crippen molar-refractivity contribution in [2.45, 2.75) is 39.0 Å². The molecule has 0 fully saturated rings. The normalized spacial score (nSPS) is 11.8. The molecule has 0 aliphatic rings. The highest BCUT2D eigenvalue weighted by Crippen LogP contribution is 2.33.